The lowest BCUT2D eigenvalue weighted by atomic mass is 10.1. The van der Waals surface area contributed by atoms with E-state index < -0.39 is 5.97 Å². The third-order valence-electron chi connectivity index (χ3n) is 3.04. The van der Waals surface area contributed by atoms with Gasteiger partial charge in [0.05, 0.1) is 0 Å². The van der Waals surface area contributed by atoms with Gasteiger partial charge in [0.1, 0.15) is 6.04 Å². The molecule has 0 aliphatic carbocycles. The number of nitrogens with zero attached hydrogens (tertiary/aromatic N) is 2. The predicted molar refractivity (Wildman–Crippen MR) is 60.0 cm³/mol. The van der Waals surface area contributed by atoms with Crippen LogP contribution in [0.5, 0.6) is 0 Å². The van der Waals surface area contributed by atoms with Crippen molar-refractivity contribution in [2.75, 3.05) is 33.2 Å². The van der Waals surface area contributed by atoms with Gasteiger partial charge in [-0.25, -0.2) is 0 Å². The summed E-state index contributed by atoms with van der Waals surface area (Å²) in [5.41, 5.74) is 0. The second-order valence-corrected chi connectivity index (χ2v) is 4.34. The lowest BCUT2D eigenvalue weighted by Crippen LogP contribution is -2.43. The average Bonchev–Trinajstić information content (AvgIpc) is 2.39. The van der Waals surface area contributed by atoms with Gasteiger partial charge in [-0.2, -0.15) is 0 Å². The highest BCUT2D eigenvalue weighted by Gasteiger charge is 2.25. The number of carbonyl (C=O) groups is 1. The Hall–Kier alpha value is -0.610. The van der Waals surface area contributed by atoms with E-state index >= 15 is 0 Å². The summed E-state index contributed by atoms with van der Waals surface area (Å²) in [4.78, 5) is 15.5. The van der Waals surface area contributed by atoms with E-state index in [1.165, 1.54) is 0 Å². The minimum atomic E-state index is -0.665. The van der Waals surface area contributed by atoms with Gasteiger partial charge in [0.2, 0.25) is 0 Å². The van der Waals surface area contributed by atoms with Crippen molar-refractivity contribution < 1.29 is 9.90 Å². The van der Waals surface area contributed by atoms with E-state index in [0.29, 0.717) is 0 Å². The number of carboxylic acid groups (broad SMARTS) is 1. The Morgan fingerprint density at radius 2 is 2.07 bits per heavy atom. The van der Waals surface area contributed by atoms with Crippen molar-refractivity contribution in [3.8, 4) is 0 Å². The van der Waals surface area contributed by atoms with Crippen LogP contribution in [0, 0.1) is 0 Å². The standard InChI is InChI=1S/C11H22N2O2/c1-3-5-10(11(14)15)13-7-4-6-12(2)8-9-13/h10H,3-9H2,1-2H3,(H,14,15). The van der Waals surface area contributed by atoms with E-state index in [0.717, 1.165) is 45.4 Å². The van der Waals surface area contributed by atoms with Gasteiger partial charge in [-0.1, -0.05) is 13.3 Å². The minimum Gasteiger partial charge on any atom is -0.480 e. The Morgan fingerprint density at radius 3 is 2.67 bits per heavy atom. The van der Waals surface area contributed by atoms with E-state index in [9.17, 15) is 4.79 Å². The number of rotatable bonds is 4. The van der Waals surface area contributed by atoms with Crippen molar-refractivity contribution in [3.05, 3.63) is 0 Å². The van der Waals surface area contributed by atoms with Crippen molar-refractivity contribution in [2.24, 2.45) is 0 Å². The molecule has 1 fully saturated rings. The predicted octanol–water partition coefficient (Wildman–Crippen LogP) is 0.877. The molecule has 1 heterocycles. The quantitative estimate of drug-likeness (QED) is 0.754. The van der Waals surface area contributed by atoms with Crippen molar-refractivity contribution in [1.82, 2.24) is 9.80 Å². The summed E-state index contributed by atoms with van der Waals surface area (Å²) in [5, 5.41) is 9.16. The molecule has 0 saturated carbocycles. The normalized spacial score (nSPS) is 22.3. The van der Waals surface area contributed by atoms with E-state index in [-0.39, 0.29) is 6.04 Å². The Labute approximate surface area is 91.9 Å². The van der Waals surface area contributed by atoms with Crippen LogP contribution in [-0.2, 0) is 4.79 Å². The molecule has 1 rings (SSSR count). The van der Waals surface area contributed by atoms with Gasteiger partial charge in [-0.05, 0) is 26.4 Å². The SMILES string of the molecule is CCCC(C(=O)O)N1CCCN(C)CC1. The third kappa shape index (κ3) is 3.80. The van der Waals surface area contributed by atoms with E-state index in [2.05, 4.69) is 16.8 Å². The van der Waals surface area contributed by atoms with Crippen LogP contribution in [0.25, 0.3) is 0 Å². The lowest BCUT2D eigenvalue weighted by molar-refractivity contribution is -0.143. The Balaban J connectivity index is 2.54. The summed E-state index contributed by atoms with van der Waals surface area (Å²) in [6.45, 7) is 5.90. The molecule has 88 valence electrons. The van der Waals surface area contributed by atoms with Gasteiger partial charge in [-0.15, -0.1) is 0 Å². The third-order valence-corrected chi connectivity index (χ3v) is 3.04. The Kier molecular flexibility index (Phi) is 5.05. The topological polar surface area (TPSA) is 43.8 Å². The van der Waals surface area contributed by atoms with Gasteiger partial charge < -0.3 is 10.0 Å². The molecule has 1 unspecified atom stereocenters. The summed E-state index contributed by atoms with van der Waals surface area (Å²) >= 11 is 0. The number of hydrogen-bond acceptors (Lipinski definition) is 3. The maximum absolute atomic E-state index is 11.1. The largest absolute Gasteiger partial charge is 0.480 e. The molecule has 1 atom stereocenters. The molecule has 1 aliphatic heterocycles. The Bertz CT molecular complexity index is 209. The summed E-state index contributed by atoms with van der Waals surface area (Å²) in [6.07, 6.45) is 2.77. The van der Waals surface area contributed by atoms with Crippen LogP contribution >= 0.6 is 0 Å². The summed E-state index contributed by atoms with van der Waals surface area (Å²) in [7, 11) is 2.10. The van der Waals surface area contributed by atoms with Crippen LogP contribution in [0.2, 0.25) is 0 Å². The molecule has 0 amide bonds. The molecule has 4 heteroatoms. The zero-order chi connectivity index (χ0) is 11.3. The average molecular weight is 214 g/mol. The zero-order valence-electron chi connectivity index (χ0n) is 9.78. The Morgan fingerprint density at radius 1 is 1.33 bits per heavy atom. The number of aliphatic carboxylic acids is 1. The summed E-state index contributed by atoms with van der Waals surface area (Å²) in [6, 6.07) is -0.276. The molecule has 1 saturated heterocycles. The molecule has 0 aromatic rings. The minimum absolute atomic E-state index is 0.276. The van der Waals surface area contributed by atoms with Crippen LogP contribution in [0.4, 0.5) is 0 Å². The van der Waals surface area contributed by atoms with Crippen LogP contribution in [0.1, 0.15) is 26.2 Å². The van der Waals surface area contributed by atoms with Crippen molar-refractivity contribution >= 4 is 5.97 Å². The highest BCUT2D eigenvalue weighted by Crippen LogP contribution is 2.11. The smallest absolute Gasteiger partial charge is 0.320 e. The molecule has 0 radical (unpaired) electrons. The maximum atomic E-state index is 11.1. The number of likely N-dealkylation sites (N-methyl/N-ethyl adjacent to an activating group) is 1. The van der Waals surface area contributed by atoms with Crippen molar-refractivity contribution in [2.45, 2.75) is 32.2 Å². The molecule has 0 aromatic carbocycles. The fourth-order valence-corrected chi connectivity index (χ4v) is 2.11. The second-order valence-electron chi connectivity index (χ2n) is 4.34. The van der Waals surface area contributed by atoms with Crippen LogP contribution in [-0.4, -0.2) is 60.1 Å². The van der Waals surface area contributed by atoms with Gasteiger partial charge in [0, 0.05) is 19.6 Å². The molecule has 0 spiro atoms. The first-order valence-electron chi connectivity index (χ1n) is 5.80. The first kappa shape index (κ1) is 12.5. The van der Waals surface area contributed by atoms with E-state index in [1.54, 1.807) is 0 Å². The first-order chi connectivity index (χ1) is 7.15. The molecular formula is C11H22N2O2. The van der Waals surface area contributed by atoms with Crippen molar-refractivity contribution in [1.29, 1.82) is 0 Å². The second kappa shape index (κ2) is 6.08. The van der Waals surface area contributed by atoms with E-state index in [1.807, 2.05) is 6.92 Å². The van der Waals surface area contributed by atoms with Crippen LogP contribution in [0.3, 0.4) is 0 Å². The fraction of sp³-hybridized carbons (Fsp3) is 0.909. The monoisotopic (exact) mass is 214 g/mol. The molecule has 4 nitrogen and oxygen atoms in total. The summed E-state index contributed by atoms with van der Waals surface area (Å²) in [5.74, 6) is -0.665. The fourth-order valence-electron chi connectivity index (χ4n) is 2.11. The van der Waals surface area contributed by atoms with Crippen LogP contribution < -0.4 is 0 Å². The van der Waals surface area contributed by atoms with Crippen molar-refractivity contribution in [3.63, 3.8) is 0 Å². The molecule has 1 N–H and O–H groups in total. The molecular weight excluding hydrogens is 192 g/mol. The van der Waals surface area contributed by atoms with Crippen LogP contribution in [0.15, 0.2) is 0 Å². The van der Waals surface area contributed by atoms with Gasteiger partial charge >= 0.3 is 5.97 Å². The maximum Gasteiger partial charge on any atom is 0.320 e. The number of hydrogen-bond donors (Lipinski definition) is 1. The molecule has 1 aliphatic rings. The molecule has 0 bridgehead atoms. The molecule has 15 heavy (non-hydrogen) atoms. The van der Waals surface area contributed by atoms with Gasteiger partial charge in [-0.3, -0.25) is 9.69 Å². The highest BCUT2D eigenvalue weighted by atomic mass is 16.4. The van der Waals surface area contributed by atoms with Gasteiger partial charge in [0.15, 0.2) is 0 Å². The van der Waals surface area contributed by atoms with Gasteiger partial charge in [0.25, 0.3) is 0 Å². The highest BCUT2D eigenvalue weighted by molar-refractivity contribution is 5.73. The summed E-state index contributed by atoms with van der Waals surface area (Å²) < 4.78 is 0. The first-order valence-corrected chi connectivity index (χ1v) is 5.80. The zero-order valence-corrected chi connectivity index (χ0v) is 9.78. The lowest BCUT2D eigenvalue weighted by Gasteiger charge is -2.26. The molecule has 0 aromatic heterocycles. The van der Waals surface area contributed by atoms with E-state index in [4.69, 9.17) is 5.11 Å². The number of carboxylic acids is 1.